The second-order valence-corrected chi connectivity index (χ2v) is 28.6. The summed E-state index contributed by atoms with van der Waals surface area (Å²) < 4.78 is 6.93. The van der Waals surface area contributed by atoms with E-state index >= 15 is 0 Å². The van der Waals surface area contributed by atoms with Crippen LogP contribution in [0.4, 0.5) is 0 Å². The van der Waals surface area contributed by atoms with Crippen molar-refractivity contribution < 1.29 is 0 Å². The minimum atomic E-state index is -2.36. The van der Waals surface area contributed by atoms with Crippen molar-refractivity contribution in [3.8, 4) is 0 Å². The first-order valence-corrected chi connectivity index (χ1v) is 24.8. The van der Waals surface area contributed by atoms with Gasteiger partial charge in [0.2, 0.25) is 0 Å². The van der Waals surface area contributed by atoms with E-state index < -0.39 is 26.5 Å². The summed E-state index contributed by atoms with van der Waals surface area (Å²) >= 11 is -2.36. The standard InChI is InChI=1S/C18H29Si.3C4H9.Sn/c1-4-5-6-7-8-9-10-14-17-19(2,3)18-15-12-11-13-16-18;3*1-3-4-2;/h11-13,15-17H,4-10H2,1-3H3;3*1,3-4H2,2H3;. The number of rotatable bonds is 19. The Morgan fingerprint density at radius 1 is 0.656 bits per heavy atom. The topological polar surface area (TPSA) is 0 Å². The third-order valence-corrected chi connectivity index (χ3v) is 27.5. The van der Waals surface area contributed by atoms with E-state index in [2.05, 4.69) is 80.4 Å². The van der Waals surface area contributed by atoms with Gasteiger partial charge in [-0.2, -0.15) is 0 Å². The van der Waals surface area contributed by atoms with E-state index in [-0.39, 0.29) is 0 Å². The predicted octanol–water partition coefficient (Wildman–Crippen LogP) is 10.2. The second kappa shape index (κ2) is 17.4. The van der Waals surface area contributed by atoms with Crippen LogP contribution in [0.15, 0.2) is 39.6 Å². The van der Waals surface area contributed by atoms with Gasteiger partial charge in [0.1, 0.15) is 0 Å². The molecule has 32 heavy (non-hydrogen) atoms. The maximum absolute atomic E-state index is 2.96. The van der Waals surface area contributed by atoms with Crippen molar-refractivity contribution in [2.45, 2.75) is 138 Å². The van der Waals surface area contributed by atoms with Crippen LogP contribution in [0.2, 0.25) is 26.4 Å². The second-order valence-electron chi connectivity index (χ2n) is 10.9. The molecule has 0 fully saturated rings. The minimum absolute atomic E-state index is 1.35. The van der Waals surface area contributed by atoms with Gasteiger partial charge in [0.05, 0.1) is 0 Å². The first-order chi connectivity index (χ1) is 15.5. The van der Waals surface area contributed by atoms with Crippen molar-refractivity contribution in [2.75, 3.05) is 0 Å². The zero-order valence-electron chi connectivity index (χ0n) is 22.8. The Morgan fingerprint density at radius 3 is 1.62 bits per heavy atom. The number of unbranched alkanes of at least 4 members (excludes halogenated alkanes) is 8. The van der Waals surface area contributed by atoms with Crippen LogP contribution in [-0.2, 0) is 0 Å². The summed E-state index contributed by atoms with van der Waals surface area (Å²) in [5.74, 6) is 0. The van der Waals surface area contributed by atoms with E-state index in [9.17, 15) is 0 Å². The summed E-state index contributed by atoms with van der Waals surface area (Å²) in [5.41, 5.74) is 2.96. The molecule has 1 rings (SSSR count). The Balaban J connectivity index is 3.28. The van der Waals surface area contributed by atoms with Gasteiger partial charge in [0, 0.05) is 0 Å². The van der Waals surface area contributed by atoms with E-state index in [1.165, 1.54) is 83.5 Å². The van der Waals surface area contributed by atoms with Gasteiger partial charge in [-0.3, -0.25) is 0 Å². The average molecular weight is 564 g/mol. The molecule has 1 aromatic carbocycles. The van der Waals surface area contributed by atoms with Crippen molar-refractivity contribution in [1.82, 2.24) is 0 Å². The normalized spacial score (nSPS) is 13.0. The summed E-state index contributed by atoms with van der Waals surface area (Å²) in [4.78, 5) is 0. The Morgan fingerprint density at radius 2 is 1.12 bits per heavy atom. The van der Waals surface area contributed by atoms with Gasteiger partial charge in [0.15, 0.2) is 0 Å². The average Bonchev–Trinajstić information content (AvgIpc) is 2.81. The Hall–Kier alpha value is -0.0244. The van der Waals surface area contributed by atoms with Gasteiger partial charge in [-0.05, 0) is 0 Å². The van der Waals surface area contributed by atoms with Crippen LogP contribution in [0.5, 0.6) is 0 Å². The molecule has 2 heteroatoms. The Labute approximate surface area is 207 Å². The molecule has 0 unspecified atom stereocenters. The Kier molecular flexibility index (Phi) is 16.3. The molecule has 0 aliphatic rings. The van der Waals surface area contributed by atoms with Crippen LogP contribution >= 0.6 is 0 Å². The molecule has 184 valence electrons. The first kappa shape index (κ1) is 30.0. The quantitative estimate of drug-likeness (QED) is 0.116. The van der Waals surface area contributed by atoms with E-state index in [4.69, 9.17) is 0 Å². The molecule has 0 heterocycles. The van der Waals surface area contributed by atoms with Crippen LogP contribution in [0.25, 0.3) is 0 Å². The van der Waals surface area contributed by atoms with E-state index in [1.54, 1.807) is 18.5 Å². The zero-order chi connectivity index (χ0) is 23.7. The molecule has 0 saturated heterocycles. The van der Waals surface area contributed by atoms with Crippen LogP contribution < -0.4 is 5.19 Å². The van der Waals surface area contributed by atoms with Crippen molar-refractivity contribution in [3.05, 3.63) is 39.6 Å². The van der Waals surface area contributed by atoms with Crippen molar-refractivity contribution in [3.63, 3.8) is 0 Å². The summed E-state index contributed by atoms with van der Waals surface area (Å²) in [6.07, 6.45) is 18.5. The molecule has 1 aromatic rings. The fourth-order valence-electron chi connectivity index (χ4n) is 5.37. The summed E-state index contributed by atoms with van der Waals surface area (Å²) in [6, 6.07) is 11.5. The van der Waals surface area contributed by atoms with Gasteiger partial charge in [-0.25, -0.2) is 0 Å². The van der Waals surface area contributed by atoms with Gasteiger partial charge < -0.3 is 0 Å². The SMILES string of the molecule is CCCCCCCC/[C](=C/[Si](C)(C)c1ccccc1)[Sn]([CH2]CCC)([CH2]CCC)[CH2]CCC. The van der Waals surface area contributed by atoms with Crippen LogP contribution in [-0.4, -0.2) is 26.5 Å². The van der Waals surface area contributed by atoms with E-state index in [1.807, 2.05) is 0 Å². The molecule has 0 aliphatic carbocycles. The molecule has 0 atom stereocenters. The van der Waals surface area contributed by atoms with E-state index in [0.717, 1.165) is 0 Å². The zero-order valence-corrected chi connectivity index (χ0v) is 26.6. The molecule has 0 saturated carbocycles. The molecule has 0 amide bonds. The fraction of sp³-hybridized carbons (Fsp3) is 0.733. The summed E-state index contributed by atoms with van der Waals surface area (Å²) in [7, 11) is -1.56. The van der Waals surface area contributed by atoms with Gasteiger partial charge in [-0.1, -0.05) is 0 Å². The summed E-state index contributed by atoms with van der Waals surface area (Å²) in [5, 5.41) is 1.63. The maximum atomic E-state index is 2.96. The van der Waals surface area contributed by atoms with E-state index in [0.29, 0.717) is 0 Å². The summed E-state index contributed by atoms with van der Waals surface area (Å²) in [6.45, 7) is 14.8. The van der Waals surface area contributed by atoms with Gasteiger partial charge in [0.25, 0.3) is 0 Å². The van der Waals surface area contributed by atoms with Crippen molar-refractivity contribution in [1.29, 1.82) is 0 Å². The molecule has 0 bridgehead atoms. The third-order valence-electron chi connectivity index (χ3n) is 7.56. The Bertz CT molecular complexity index is 583. The third kappa shape index (κ3) is 10.9. The number of hydrogen-bond acceptors (Lipinski definition) is 0. The van der Waals surface area contributed by atoms with Gasteiger partial charge in [-0.15, -0.1) is 0 Å². The van der Waals surface area contributed by atoms with Crippen LogP contribution in [0.1, 0.15) is 111 Å². The predicted molar refractivity (Wildman–Crippen MR) is 155 cm³/mol. The number of benzene rings is 1. The molecule has 0 aliphatic heterocycles. The molecule has 0 spiro atoms. The molecule has 0 aromatic heterocycles. The monoisotopic (exact) mass is 564 g/mol. The molecule has 0 radical (unpaired) electrons. The van der Waals surface area contributed by atoms with Crippen molar-refractivity contribution >= 4 is 31.6 Å². The fourth-order valence-corrected chi connectivity index (χ4v) is 29.4. The molecule has 0 N–H and O–H groups in total. The number of allylic oxidation sites excluding steroid dienone is 1. The molecular weight excluding hydrogens is 507 g/mol. The molecular formula is C30H56SiSn. The number of hydrogen-bond donors (Lipinski definition) is 0. The first-order valence-electron chi connectivity index (χ1n) is 14.2. The molecule has 0 nitrogen and oxygen atoms in total. The van der Waals surface area contributed by atoms with Crippen LogP contribution in [0.3, 0.4) is 0 Å². The van der Waals surface area contributed by atoms with Crippen LogP contribution in [0, 0.1) is 0 Å². The van der Waals surface area contributed by atoms with Gasteiger partial charge >= 0.3 is 209 Å². The van der Waals surface area contributed by atoms with Crippen molar-refractivity contribution in [2.24, 2.45) is 0 Å².